The van der Waals surface area contributed by atoms with Gasteiger partial charge in [-0.2, -0.15) is 0 Å². The van der Waals surface area contributed by atoms with Crippen LogP contribution in [0, 0.1) is 5.92 Å². The van der Waals surface area contributed by atoms with E-state index in [-0.39, 0.29) is 11.7 Å². The summed E-state index contributed by atoms with van der Waals surface area (Å²) in [5, 5.41) is 13.0. The third-order valence-corrected chi connectivity index (χ3v) is 3.45. The Hall–Kier alpha value is -1.13. The summed E-state index contributed by atoms with van der Waals surface area (Å²) in [6.07, 6.45) is 4.84. The van der Waals surface area contributed by atoms with E-state index in [2.05, 4.69) is 5.32 Å². The smallest absolute Gasteiger partial charge is 0.250 e. The van der Waals surface area contributed by atoms with Crippen LogP contribution in [0.2, 0.25) is 0 Å². The first-order valence-corrected chi connectivity index (χ1v) is 6.31. The normalized spacial score (nSPS) is 24.1. The molecule has 0 aromatic carbocycles. The molecule has 1 saturated carbocycles. The third-order valence-electron chi connectivity index (χ3n) is 3.45. The van der Waals surface area contributed by atoms with Crippen LogP contribution in [0.3, 0.4) is 0 Å². The average molecular weight is 236 g/mol. The fraction of sp³-hybridized carbons (Fsp3) is 0.615. The lowest BCUT2D eigenvalue weighted by Gasteiger charge is -2.15. The zero-order valence-corrected chi connectivity index (χ0v) is 10.0. The van der Waals surface area contributed by atoms with Gasteiger partial charge in [-0.1, -0.05) is 12.5 Å². The summed E-state index contributed by atoms with van der Waals surface area (Å²) in [5.41, 5.74) is 0.0372. The summed E-state index contributed by atoms with van der Waals surface area (Å²) in [7, 11) is 0. The molecule has 4 nitrogen and oxygen atoms in total. The maximum absolute atomic E-state index is 11.4. The van der Waals surface area contributed by atoms with Gasteiger partial charge in [0.05, 0.1) is 6.10 Å². The highest BCUT2D eigenvalue weighted by atomic mass is 16.3. The van der Waals surface area contributed by atoms with E-state index in [1.807, 2.05) is 6.07 Å². The second-order valence-electron chi connectivity index (χ2n) is 4.69. The van der Waals surface area contributed by atoms with Crippen LogP contribution < -0.4 is 10.9 Å². The first-order chi connectivity index (χ1) is 8.27. The predicted molar refractivity (Wildman–Crippen MR) is 66.9 cm³/mol. The molecule has 0 spiro atoms. The molecule has 94 valence electrons. The molecule has 0 saturated heterocycles. The quantitative estimate of drug-likeness (QED) is 0.736. The second kappa shape index (κ2) is 5.98. The number of hydrogen-bond acceptors (Lipinski definition) is 3. The number of rotatable bonds is 5. The van der Waals surface area contributed by atoms with Gasteiger partial charge in [-0.3, -0.25) is 4.79 Å². The van der Waals surface area contributed by atoms with Crippen LogP contribution in [-0.2, 0) is 6.54 Å². The van der Waals surface area contributed by atoms with E-state index in [1.165, 1.54) is 0 Å². The van der Waals surface area contributed by atoms with Crippen molar-refractivity contribution in [3.05, 3.63) is 34.7 Å². The molecule has 1 aliphatic carbocycles. The Kier molecular flexibility index (Phi) is 4.34. The molecule has 0 radical (unpaired) electrons. The summed E-state index contributed by atoms with van der Waals surface area (Å²) in [5.74, 6) is 0.391. The fourth-order valence-electron chi connectivity index (χ4n) is 2.39. The molecule has 1 fully saturated rings. The maximum atomic E-state index is 11.4. The molecule has 4 heteroatoms. The second-order valence-corrected chi connectivity index (χ2v) is 4.69. The van der Waals surface area contributed by atoms with Crippen molar-refractivity contribution in [3.8, 4) is 0 Å². The van der Waals surface area contributed by atoms with Crippen molar-refractivity contribution in [2.75, 3.05) is 13.1 Å². The molecule has 1 heterocycles. The van der Waals surface area contributed by atoms with Gasteiger partial charge in [0, 0.05) is 31.9 Å². The molecular weight excluding hydrogens is 216 g/mol. The van der Waals surface area contributed by atoms with Crippen molar-refractivity contribution < 1.29 is 5.11 Å². The lowest BCUT2D eigenvalue weighted by Crippen LogP contribution is -2.31. The van der Waals surface area contributed by atoms with E-state index >= 15 is 0 Å². The molecule has 2 rings (SSSR count). The van der Waals surface area contributed by atoms with E-state index in [0.717, 1.165) is 32.4 Å². The van der Waals surface area contributed by atoms with E-state index in [4.69, 9.17) is 0 Å². The molecule has 2 N–H and O–H groups in total. The Balaban J connectivity index is 1.70. The van der Waals surface area contributed by atoms with Crippen LogP contribution in [-0.4, -0.2) is 28.9 Å². The lowest BCUT2D eigenvalue weighted by molar-refractivity contribution is 0.131. The highest BCUT2D eigenvalue weighted by Crippen LogP contribution is 2.24. The topological polar surface area (TPSA) is 54.3 Å². The summed E-state index contributed by atoms with van der Waals surface area (Å²) in [6.45, 7) is 2.30. The minimum absolute atomic E-state index is 0.0372. The molecule has 1 aromatic heterocycles. The lowest BCUT2D eigenvalue weighted by atomic mass is 10.1. The van der Waals surface area contributed by atoms with E-state index in [1.54, 1.807) is 22.9 Å². The number of hydrogen-bond donors (Lipinski definition) is 2. The first kappa shape index (κ1) is 12.3. The van der Waals surface area contributed by atoms with Crippen molar-refractivity contribution in [2.45, 2.75) is 31.9 Å². The number of aliphatic hydroxyl groups excluding tert-OH is 1. The van der Waals surface area contributed by atoms with Gasteiger partial charge in [-0.25, -0.2) is 0 Å². The van der Waals surface area contributed by atoms with Crippen LogP contribution in [0.5, 0.6) is 0 Å². The van der Waals surface area contributed by atoms with Crippen molar-refractivity contribution in [1.29, 1.82) is 0 Å². The summed E-state index contributed by atoms with van der Waals surface area (Å²) in [6, 6.07) is 5.18. The van der Waals surface area contributed by atoms with Gasteiger partial charge < -0.3 is 15.0 Å². The number of pyridine rings is 1. The molecule has 0 aliphatic heterocycles. The number of aliphatic hydroxyl groups is 1. The van der Waals surface area contributed by atoms with Crippen LogP contribution in [0.15, 0.2) is 29.2 Å². The summed E-state index contributed by atoms with van der Waals surface area (Å²) in [4.78, 5) is 11.4. The van der Waals surface area contributed by atoms with Gasteiger partial charge in [0.2, 0.25) is 0 Å². The largest absolute Gasteiger partial charge is 0.393 e. The monoisotopic (exact) mass is 236 g/mol. The van der Waals surface area contributed by atoms with Gasteiger partial charge in [0.15, 0.2) is 0 Å². The molecule has 1 aliphatic rings. The van der Waals surface area contributed by atoms with Crippen molar-refractivity contribution in [2.24, 2.45) is 5.92 Å². The van der Waals surface area contributed by atoms with Crippen LogP contribution in [0.25, 0.3) is 0 Å². The average Bonchev–Trinajstić information content (AvgIpc) is 2.73. The Morgan fingerprint density at radius 1 is 1.41 bits per heavy atom. The Morgan fingerprint density at radius 2 is 2.29 bits per heavy atom. The van der Waals surface area contributed by atoms with Gasteiger partial charge in [-0.15, -0.1) is 0 Å². The zero-order chi connectivity index (χ0) is 12.1. The van der Waals surface area contributed by atoms with Crippen molar-refractivity contribution in [1.82, 2.24) is 9.88 Å². The number of aromatic nitrogens is 1. The van der Waals surface area contributed by atoms with E-state index < -0.39 is 0 Å². The summed E-state index contributed by atoms with van der Waals surface area (Å²) >= 11 is 0. The molecule has 2 unspecified atom stereocenters. The Bertz CT molecular complexity index is 402. The highest BCUT2D eigenvalue weighted by molar-refractivity contribution is 4.93. The first-order valence-electron chi connectivity index (χ1n) is 6.31. The number of nitrogens with one attached hydrogen (secondary N) is 1. The third kappa shape index (κ3) is 3.41. The molecule has 2 atom stereocenters. The molecule has 1 aromatic rings. The van der Waals surface area contributed by atoms with Gasteiger partial charge in [0.1, 0.15) is 0 Å². The Morgan fingerprint density at radius 3 is 3.00 bits per heavy atom. The molecular formula is C13H20N2O2. The van der Waals surface area contributed by atoms with E-state index in [0.29, 0.717) is 12.5 Å². The molecule has 17 heavy (non-hydrogen) atoms. The maximum Gasteiger partial charge on any atom is 0.250 e. The summed E-state index contributed by atoms with van der Waals surface area (Å²) < 4.78 is 1.69. The van der Waals surface area contributed by atoms with Crippen LogP contribution in [0.1, 0.15) is 19.3 Å². The van der Waals surface area contributed by atoms with E-state index in [9.17, 15) is 9.90 Å². The van der Waals surface area contributed by atoms with Gasteiger partial charge in [0.25, 0.3) is 5.56 Å². The fourth-order valence-corrected chi connectivity index (χ4v) is 2.39. The zero-order valence-electron chi connectivity index (χ0n) is 10.0. The van der Waals surface area contributed by atoms with Crippen molar-refractivity contribution >= 4 is 0 Å². The number of nitrogens with zero attached hydrogens (tertiary/aromatic N) is 1. The van der Waals surface area contributed by atoms with Crippen LogP contribution in [0.4, 0.5) is 0 Å². The van der Waals surface area contributed by atoms with Crippen molar-refractivity contribution in [3.63, 3.8) is 0 Å². The standard InChI is InChI=1S/C13H20N2O2/c16-12-5-3-4-11(12)10-14-7-9-15-8-2-1-6-13(15)17/h1-2,6,8,11-12,14,16H,3-5,7,9-10H2. The minimum Gasteiger partial charge on any atom is -0.393 e. The minimum atomic E-state index is -0.137. The highest BCUT2D eigenvalue weighted by Gasteiger charge is 2.24. The SMILES string of the molecule is O=c1ccccn1CCNCC1CCCC1O. The van der Waals surface area contributed by atoms with Gasteiger partial charge in [-0.05, 0) is 24.8 Å². The molecule has 0 amide bonds. The van der Waals surface area contributed by atoms with Gasteiger partial charge >= 0.3 is 0 Å². The Labute approximate surface area is 101 Å². The van der Waals surface area contributed by atoms with Crippen LogP contribution >= 0.6 is 0 Å². The molecule has 0 bridgehead atoms. The predicted octanol–water partition coefficient (Wildman–Crippen LogP) is 0.599.